The van der Waals surface area contributed by atoms with Crippen molar-refractivity contribution >= 4 is 27.3 Å². The number of carbonyl (C=O) groups excluding carboxylic acids is 1. The van der Waals surface area contributed by atoms with E-state index in [1.807, 2.05) is 0 Å². The van der Waals surface area contributed by atoms with Crippen molar-refractivity contribution in [1.29, 1.82) is 0 Å². The molecule has 0 aromatic heterocycles. The number of benzene rings is 3. The number of nitrogens with zero attached hydrogens (tertiary/aromatic N) is 1. The molecule has 0 saturated carbocycles. The molecular weight excluding hydrogens is 444 g/mol. The largest absolute Gasteiger partial charge is 0.346 e. The summed E-state index contributed by atoms with van der Waals surface area (Å²) in [5.41, 5.74) is 0.355. The summed E-state index contributed by atoms with van der Waals surface area (Å²) in [6.45, 7) is 1.60. The van der Waals surface area contributed by atoms with Crippen LogP contribution in [-0.2, 0) is 10.0 Å². The number of carbonyl (C=O) groups is 1. The Morgan fingerprint density at radius 2 is 1.69 bits per heavy atom. The van der Waals surface area contributed by atoms with Gasteiger partial charge in [0, 0.05) is 23.4 Å². The summed E-state index contributed by atoms with van der Waals surface area (Å²) < 4.78 is 53.7. The number of hydrogen-bond acceptors (Lipinski definition) is 5. The fraction of sp³-hybridized carbons (Fsp3) is 0.0952. The van der Waals surface area contributed by atoms with Crippen molar-refractivity contribution in [2.45, 2.75) is 17.9 Å². The second kappa shape index (κ2) is 9.10. The van der Waals surface area contributed by atoms with Gasteiger partial charge in [0.2, 0.25) is 0 Å². The van der Waals surface area contributed by atoms with Crippen molar-refractivity contribution < 1.29 is 26.9 Å². The van der Waals surface area contributed by atoms with Gasteiger partial charge < -0.3 is 5.32 Å². The molecule has 1 unspecified atom stereocenters. The molecule has 32 heavy (non-hydrogen) atoms. The fourth-order valence-corrected chi connectivity index (χ4v) is 3.91. The van der Waals surface area contributed by atoms with Gasteiger partial charge in [-0.25, -0.2) is 17.2 Å². The quantitative estimate of drug-likeness (QED) is 0.405. The standard InChI is InChI=1S/C21H17F2N3O5S/c1-13(15-7-10-19(22)20(23)11-15)24-21(27)14-5-8-16(9-6-14)25-32(30,31)18-4-2-3-17(12-18)26(28)29/h2-13,25H,1H3,(H,24,27). The molecule has 11 heteroatoms. The van der Waals surface area contributed by atoms with Crippen LogP contribution < -0.4 is 10.0 Å². The van der Waals surface area contributed by atoms with Gasteiger partial charge in [-0.1, -0.05) is 12.1 Å². The first kappa shape index (κ1) is 22.8. The Bertz CT molecular complexity index is 1280. The van der Waals surface area contributed by atoms with E-state index in [2.05, 4.69) is 10.0 Å². The lowest BCUT2D eigenvalue weighted by Crippen LogP contribution is -2.26. The number of halogens is 2. The number of nitro groups is 1. The first-order valence-electron chi connectivity index (χ1n) is 9.20. The van der Waals surface area contributed by atoms with Crippen molar-refractivity contribution in [1.82, 2.24) is 5.32 Å². The Hall–Kier alpha value is -3.86. The van der Waals surface area contributed by atoms with E-state index in [0.717, 1.165) is 18.2 Å². The summed E-state index contributed by atoms with van der Waals surface area (Å²) in [7, 11) is -4.09. The van der Waals surface area contributed by atoms with E-state index in [1.165, 1.54) is 48.5 Å². The first-order chi connectivity index (χ1) is 15.1. The van der Waals surface area contributed by atoms with Gasteiger partial charge in [0.1, 0.15) is 0 Å². The normalized spacial score (nSPS) is 12.1. The zero-order valence-corrected chi connectivity index (χ0v) is 17.4. The highest BCUT2D eigenvalue weighted by molar-refractivity contribution is 7.92. The van der Waals surface area contributed by atoms with Gasteiger partial charge in [0.05, 0.1) is 15.9 Å². The summed E-state index contributed by atoms with van der Waals surface area (Å²) in [5, 5.41) is 13.5. The molecule has 0 aliphatic rings. The van der Waals surface area contributed by atoms with Gasteiger partial charge in [-0.2, -0.15) is 0 Å². The third-order valence-electron chi connectivity index (χ3n) is 4.53. The Labute approximate surface area is 182 Å². The zero-order valence-electron chi connectivity index (χ0n) is 16.6. The van der Waals surface area contributed by atoms with E-state index in [1.54, 1.807) is 6.92 Å². The van der Waals surface area contributed by atoms with Gasteiger partial charge in [0.25, 0.3) is 21.6 Å². The van der Waals surface area contributed by atoms with Crippen molar-refractivity contribution in [3.63, 3.8) is 0 Å². The maximum atomic E-state index is 13.4. The minimum absolute atomic E-state index is 0.140. The Kier molecular flexibility index (Phi) is 6.49. The van der Waals surface area contributed by atoms with Crippen LogP contribution in [-0.4, -0.2) is 19.2 Å². The monoisotopic (exact) mass is 461 g/mol. The van der Waals surface area contributed by atoms with Crippen LogP contribution in [0, 0.1) is 21.7 Å². The van der Waals surface area contributed by atoms with Crippen molar-refractivity contribution in [2.75, 3.05) is 4.72 Å². The molecule has 0 aliphatic heterocycles. The lowest BCUT2D eigenvalue weighted by atomic mass is 10.1. The van der Waals surface area contributed by atoms with Crippen LogP contribution >= 0.6 is 0 Å². The molecule has 0 spiro atoms. The summed E-state index contributed by atoms with van der Waals surface area (Å²) in [6, 6.07) is 12.7. The van der Waals surface area contributed by atoms with Crippen LogP contribution in [0.3, 0.4) is 0 Å². The highest BCUT2D eigenvalue weighted by Gasteiger charge is 2.18. The molecule has 0 bridgehead atoms. The lowest BCUT2D eigenvalue weighted by Gasteiger charge is -2.15. The third-order valence-corrected chi connectivity index (χ3v) is 5.91. The maximum Gasteiger partial charge on any atom is 0.270 e. The van der Waals surface area contributed by atoms with Gasteiger partial charge in [0.15, 0.2) is 11.6 Å². The lowest BCUT2D eigenvalue weighted by molar-refractivity contribution is -0.385. The average molecular weight is 461 g/mol. The number of rotatable bonds is 7. The smallest absolute Gasteiger partial charge is 0.270 e. The Morgan fingerprint density at radius 3 is 2.31 bits per heavy atom. The van der Waals surface area contributed by atoms with Crippen LogP contribution in [0.1, 0.15) is 28.9 Å². The van der Waals surface area contributed by atoms with E-state index in [-0.39, 0.29) is 21.8 Å². The number of nitrogens with one attached hydrogen (secondary N) is 2. The summed E-state index contributed by atoms with van der Waals surface area (Å²) in [6.07, 6.45) is 0. The molecule has 0 aliphatic carbocycles. The summed E-state index contributed by atoms with van der Waals surface area (Å²) in [5.74, 6) is -2.52. The molecule has 0 radical (unpaired) electrons. The third kappa shape index (κ3) is 5.24. The van der Waals surface area contributed by atoms with Crippen LogP contribution in [0.5, 0.6) is 0 Å². The van der Waals surface area contributed by atoms with Gasteiger partial charge in [-0.3, -0.25) is 19.6 Å². The van der Waals surface area contributed by atoms with E-state index in [4.69, 9.17) is 0 Å². The van der Waals surface area contributed by atoms with E-state index >= 15 is 0 Å². The molecule has 1 amide bonds. The number of anilines is 1. The minimum atomic E-state index is -4.09. The van der Waals surface area contributed by atoms with Crippen molar-refractivity contribution in [2.24, 2.45) is 0 Å². The Balaban J connectivity index is 1.70. The van der Waals surface area contributed by atoms with Crippen LogP contribution in [0.4, 0.5) is 20.2 Å². The highest BCUT2D eigenvalue weighted by Crippen LogP contribution is 2.21. The maximum absolute atomic E-state index is 13.4. The summed E-state index contributed by atoms with van der Waals surface area (Å²) in [4.78, 5) is 22.3. The van der Waals surface area contributed by atoms with Gasteiger partial charge in [-0.05, 0) is 55.0 Å². The summed E-state index contributed by atoms with van der Waals surface area (Å²) >= 11 is 0. The zero-order chi connectivity index (χ0) is 23.5. The fourth-order valence-electron chi connectivity index (χ4n) is 2.81. The minimum Gasteiger partial charge on any atom is -0.346 e. The van der Waals surface area contributed by atoms with Gasteiger partial charge >= 0.3 is 0 Å². The molecule has 2 N–H and O–H groups in total. The predicted molar refractivity (Wildman–Crippen MR) is 113 cm³/mol. The average Bonchev–Trinajstić information content (AvgIpc) is 2.75. The number of hydrogen-bond donors (Lipinski definition) is 2. The molecule has 3 aromatic carbocycles. The van der Waals surface area contributed by atoms with Crippen LogP contribution in [0.25, 0.3) is 0 Å². The van der Waals surface area contributed by atoms with Gasteiger partial charge in [-0.15, -0.1) is 0 Å². The number of non-ortho nitro benzene ring substituents is 1. The first-order valence-corrected chi connectivity index (χ1v) is 10.7. The topological polar surface area (TPSA) is 118 Å². The van der Waals surface area contributed by atoms with Crippen LogP contribution in [0.15, 0.2) is 71.6 Å². The molecule has 1 atom stereocenters. The SMILES string of the molecule is CC(NC(=O)c1ccc(NS(=O)(=O)c2cccc([N+](=O)[O-])c2)cc1)c1ccc(F)c(F)c1. The van der Waals surface area contributed by atoms with Crippen molar-refractivity contribution in [3.05, 3.63) is 99.6 Å². The van der Waals surface area contributed by atoms with Crippen LogP contribution in [0.2, 0.25) is 0 Å². The molecule has 166 valence electrons. The number of nitro benzene ring substituents is 1. The van der Waals surface area contributed by atoms with E-state index in [9.17, 15) is 32.1 Å². The molecule has 0 saturated heterocycles. The Morgan fingerprint density at radius 1 is 1.00 bits per heavy atom. The number of amides is 1. The predicted octanol–water partition coefficient (Wildman–Crippen LogP) is 4.16. The molecule has 0 fully saturated rings. The molecule has 3 rings (SSSR count). The highest BCUT2D eigenvalue weighted by atomic mass is 32.2. The van der Waals surface area contributed by atoms with E-state index < -0.39 is 38.5 Å². The molecular formula is C21H17F2N3O5S. The number of sulfonamides is 1. The second-order valence-corrected chi connectivity index (χ2v) is 8.49. The molecule has 0 heterocycles. The molecule has 8 nitrogen and oxygen atoms in total. The second-order valence-electron chi connectivity index (χ2n) is 6.81. The molecule has 3 aromatic rings. The van der Waals surface area contributed by atoms with E-state index in [0.29, 0.717) is 5.56 Å². The van der Waals surface area contributed by atoms with Crippen molar-refractivity contribution in [3.8, 4) is 0 Å².